The van der Waals surface area contributed by atoms with E-state index in [0.717, 1.165) is 5.56 Å². The van der Waals surface area contributed by atoms with Gasteiger partial charge in [0.25, 0.3) is 0 Å². The van der Waals surface area contributed by atoms with Crippen molar-refractivity contribution in [2.24, 2.45) is 10.3 Å². The van der Waals surface area contributed by atoms with Gasteiger partial charge in [0.15, 0.2) is 0 Å². The van der Waals surface area contributed by atoms with Gasteiger partial charge in [0.2, 0.25) is 20.0 Å². The van der Waals surface area contributed by atoms with Crippen molar-refractivity contribution < 1.29 is 16.8 Å². The molecule has 0 heterocycles. The van der Waals surface area contributed by atoms with Gasteiger partial charge < -0.3 is 5.32 Å². The first-order valence-corrected chi connectivity index (χ1v) is 9.22. The number of nitrogens with one attached hydrogen (secondary N) is 1. The number of hydrogen-bond acceptors (Lipinski definition) is 5. The largest absolute Gasteiger partial charge is 0.310 e. The zero-order valence-electron chi connectivity index (χ0n) is 11.1. The van der Waals surface area contributed by atoms with Crippen LogP contribution in [0.3, 0.4) is 0 Å². The Bertz CT molecular complexity index is 656. The first kappa shape index (κ1) is 17.1. The molecule has 0 aliphatic heterocycles. The zero-order chi connectivity index (χ0) is 15.4. The molecular weight excluding hydrogens is 302 g/mol. The van der Waals surface area contributed by atoms with Crippen molar-refractivity contribution in [1.29, 1.82) is 0 Å². The van der Waals surface area contributed by atoms with Crippen molar-refractivity contribution >= 4 is 20.0 Å². The molecule has 1 rings (SSSR count). The molecule has 0 saturated heterocycles. The van der Waals surface area contributed by atoms with Gasteiger partial charge in [-0.05, 0) is 37.6 Å². The molecule has 0 fully saturated rings. The van der Waals surface area contributed by atoms with E-state index in [1.807, 2.05) is 6.92 Å². The van der Waals surface area contributed by atoms with Crippen LogP contribution in [-0.2, 0) is 20.0 Å². The average Bonchev–Trinajstić information content (AvgIpc) is 2.32. The summed E-state index contributed by atoms with van der Waals surface area (Å²) in [5.74, 6) is -0.0933. The van der Waals surface area contributed by atoms with Crippen molar-refractivity contribution in [3.8, 4) is 0 Å². The molecule has 9 heteroatoms. The van der Waals surface area contributed by atoms with Crippen molar-refractivity contribution in [2.75, 3.05) is 12.3 Å². The third kappa shape index (κ3) is 5.97. The molecule has 0 aromatic heterocycles. The fourth-order valence-corrected chi connectivity index (χ4v) is 2.79. The van der Waals surface area contributed by atoms with E-state index in [1.54, 1.807) is 12.1 Å². The Labute approximate surface area is 119 Å². The van der Waals surface area contributed by atoms with Gasteiger partial charge >= 0.3 is 0 Å². The van der Waals surface area contributed by atoms with Crippen LogP contribution in [0, 0.1) is 0 Å². The molecule has 20 heavy (non-hydrogen) atoms. The molecule has 1 aromatic rings. The van der Waals surface area contributed by atoms with Crippen molar-refractivity contribution in [3.63, 3.8) is 0 Å². The molecule has 7 nitrogen and oxygen atoms in total. The highest BCUT2D eigenvalue weighted by molar-refractivity contribution is 7.89. The fraction of sp³-hybridized carbons (Fsp3) is 0.455. The highest BCUT2D eigenvalue weighted by Crippen LogP contribution is 2.16. The topological polar surface area (TPSA) is 132 Å². The van der Waals surface area contributed by atoms with E-state index in [0.29, 0.717) is 13.0 Å². The summed E-state index contributed by atoms with van der Waals surface area (Å²) >= 11 is 0. The molecule has 0 radical (unpaired) electrons. The summed E-state index contributed by atoms with van der Waals surface area (Å²) in [6.45, 7) is 2.30. The van der Waals surface area contributed by atoms with Crippen LogP contribution in [0.5, 0.6) is 0 Å². The number of nitrogens with two attached hydrogens (primary N) is 2. The van der Waals surface area contributed by atoms with Gasteiger partial charge in [0.05, 0.1) is 10.6 Å². The molecule has 0 amide bonds. The Kier molecular flexibility index (Phi) is 5.66. The summed E-state index contributed by atoms with van der Waals surface area (Å²) in [6.07, 6.45) is 0.387. The second-order valence-corrected chi connectivity index (χ2v) is 7.81. The van der Waals surface area contributed by atoms with E-state index in [-0.39, 0.29) is 16.7 Å². The Balaban J connectivity index is 2.62. The second-order valence-electron chi connectivity index (χ2n) is 4.51. The van der Waals surface area contributed by atoms with Crippen LogP contribution in [0.4, 0.5) is 0 Å². The standard InChI is InChI=1S/C11H19N3O4S2/c1-9(14-6-3-7-19(12,15)16)10-4-2-5-11(8-10)20(13,17)18/h2,4-5,8-9,14H,3,6-7H2,1H3,(H2,12,15,16)(H2,13,17,18). The molecule has 1 atom stereocenters. The highest BCUT2D eigenvalue weighted by Gasteiger charge is 2.11. The second kappa shape index (κ2) is 6.64. The summed E-state index contributed by atoms with van der Waals surface area (Å²) in [5.41, 5.74) is 0.757. The molecule has 5 N–H and O–H groups in total. The summed E-state index contributed by atoms with van der Waals surface area (Å²) in [5, 5.41) is 13.1. The van der Waals surface area contributed by atoms with E-state index in [9.17, 15) is 16.8 Å². The Hall–Kier alpha value is -1.00. The van der Waals surface area contributed by atoms with Crippen LogP contribution >= 0.6 is 0 Å². The molecule has 0 bridgehead atoms. The third-order valence-corrected chi connectivity index (χ3v) is 4.51. The molecule has 114 valence electrons. The number of hydrogen-bond donors (Lipinski definition) is 3. The van der Waals surface area contributed by atoms with Gasteiger partial charge in [-0.15, -0.1) is 0 Å². The van der Waals surface area contributed by atoms with Crippen LogP contribution in [0.2, 0.25) is 0 Å². The summed E-state index contributed by atoms with van der Waals surface area (Å²) in [7, 11) is -7.18. The van der Waals surface area contributed by atoms with Crippen molar-refractivity contribution in [2.45, 2.75) is 24.3 Å². The lowest BCUT2D eigenvalue weighted by Crippen LogP contribution is -2.24. The van der Waals surface area contributed by atoms with Gasteiger partial charge in [-0.2, -0.15) is 0 Å². The highest BCUT2D eigenvalue weighted by atomic mass is 32.2. The Morgan fingerprint density at radius 2 is 1.85 bits per heavy atom. The van der Waals surface area contributed by atoms with E-state index in [2.05, 4.69) is 5.32 Å². The lowest BCUT2D eigenvalue weighted by atomic mass is 10.1. The lowest BCUT2D eigenvalue weighted by molar-refractivity contribution is 0.559. The minimum absolute atomic E-state index is 0.0492. The van der Waals surface area contributed by atoms with Crippen LogP contribution in [-0.4, -0.2) is 29.1 Å². The predicted octanol–water partition coefficient (Wildman–Crippen LogP) is -0.337. The SMILES string of the molecule is CC(NCCCS(N)(=O)=O)c1cccc(S(N)(=O)=O)c1. The summed E-state index contributed by atoms with van der Waals surface area (Å²) in [6, 6.07) is 6.17. The maximum absolute atomic E-state index is 11.3. The zero-order valence-corrected chi connectivity index (χ0v) is 12.7. The number of sulfonamides is 2. The monoisotopic (exact) mass is 321 g/mol. The van der Waals surface area contributed by atoms with Gasteiger partial charge in [-0.3, -0.25) is 0 Å². The van der Waals surface area contributed by atoms with Gasteiger partial charge in [0, 0.05) is 6.04 Å². The van der Waals surface area contributed by atoms with E-state index < -0.39 is 20.0 Å². The minimum atomic E-state index is -3.73. The molecular formula is C11H19N3O4S2. The van der Waals surface area contributed by atoms with Crippen LogP contribution in [0.15, 0.2) is 29.2 Å². The van der Waals surface area contributed by atoms with Crippen LogP contribution in [0.25, 0.3) is 0 Å². The average molecular weight is 321 g/mol. The number of rotatable bonds is 7. The van der Waals surface area contributed by atoms with Crippen molar-refractivity contribution in [3.05, 3.63) is 29.8 Å². The molecule has 0 spiro atoms. The fourth-order valence-electron chi connectivity index (χ4n) is 1.67. The minimum Gasteiger partial charge on any atom is -0.310 e. The molecule has 1 unspecified atom stereocenters. The molecule has 0 aliphatic carbocycles. The van der Waals surface area contributed by atoms with Gasteiger partial charge in [-0.25, -0.2) is 27.1 Å². The Morgan fingerprint density at radius 1 is 1.20 bits per heavy atom. The van der Waals surface area contributed by atoms with Crippen LogP contribution in [0.1, 0.15) is 24.9 Å². The van der Waals surface area contributed by atoms with E-state index in [4.69, 9.17) is 10.3 Å². The number of primary sulfonamides is 2. The van der Waals surface area contributed by atoms with E-state index >= 15 is 0 Å². The van der Waals surface area contributed by atoms with Gasteiger partial charge in [-0.1, -0.05) is 12.1 Å². The van der Waals surface area contributed by atoms with Gasteiger partial charge in [0.1, 0.15) is 0 Å². The molecule has 1 aromatic carbocycles. The lowest BCUT2D eigenvalue weighted by Gasteiger charge is -2.14. The van der Waals surface area contributed by atoms with Crippen LogP contribution < -0.4 is 15.6 Å². The smallest absolute Gasteiger partial charge is 0.238 e. The Morgan fingerprint density at radius 3 is 2.40 bits per heavy atom. The predicted molar refractivity (Wildman–Crippen MR) is 76.8 cm³/mol. The maximum atomic E-state index is 11.3. The maximum Gasteiger partial charge on any atom is 0.238 e. The first-order chi connectivity index (χ1) is 9.09. The normalized spacial score (nSPS) is 14.2. The number of benzene rings is 1. The molecule has 0 aliphatic rings. The quantitative estimate of drug-likeness (QED) is 0.591. The summed E-state index contributed by atoms with van der Waals surface area (Å²) < 4.78 is 44.1. The third-order valence-electron chi connectivity index (χ3n) is 2.74. The summed E-state index contributed by atoms with van der Waals surface area (Å²) in [4.78, 5) is 0.0492. The first-order valence-electron chi connectivity index (χ1n) is 5.96. The van der Waals surface area contributed by atoms with E-state index in [1.165, 1.54) is 12.1 Å². The van der Waals surface area contributed by atoms with Crippen molar-refractivity contribution in [1.82, 2.24) is 5.32 Å². The molecule has 0 saturated carbocycles.